The second-order valence-corrected chi connectivity index (χ2v) is 3.54. The Morgan fingerprint density at radius 3 is 2.54 bits per heavy atom. The topological polar surface area (TPSA) is 52.3 Å². The van der Waals surface area contributed by atoms with Crippen LogP contribution in [0.25, 0.3) is 0 Å². The Bertz CT molecular complexity index is 148. The molecule has 0 saturated heterocycles. The van der Waals surface area contributed by atoms with Gasteiger partial charge in [-0.05, 0) is 18.4 Å². The third-order valence-electron chi connectivity index (χ3n) is 2.51. The summed E-state index contributed by atoms with van der Waals surface area (Å²) in [6.45, 7) is 4.85. The SMILES string of the molecule is CCCC(C)C(CN)CC(=O)OC. The van der Waals surface area contributed by atoms with E-state index in [1.165, 1.54) is 7.11 Å². The van der Waals surface area contributed by atoms with Crippen LogP contribution >= 0.6 is 0 Å². The lowest BCUT2D eigenvalue weighted by Crippen LogP contribution is -2.25. The maximum Gasteiger partial charge on any atom is 0.305 e. The van der Waals surface area contributed by atoms with Gasteiger partial charge in [-0.1, -0.05) is 26.7 Å². The van der Waals surface area contributed by atoms with Gasteiger partial charge < -0.3 is 10.5 Å². The van der Waals surface area contributed by atoms with E-state index in [2.05, 4.69) is 18.6 Å². The third-order valence-corrected chi connectivity index (χ3v) is 2.51. The molecule has 0 aromatic carbocycles. The molecule has 0 aliphatic carbocycles. The molecule has 0 aromatic heterocycles. The highest BCUT2D eigenvalue weighted by Gasteiger charge is 2.18. The molecular formula is C10H21NO2. The summed E-state index contributed by atoms with van der Waals surface area (Å²) in [5, 5.41) is 0. The Kier molecular flexibility index (Phi) is 6.59. The van der Waals surface area contributed by atoms with Crippen LogP contribution in [-0.4, -0.2) is 19.6 Å². The van der Waals surface area contributed by atoms with Crippen molar-refractivity contribution < 1.29 is 9.53 Å². The van der Waals surface area contributed by atoms with Crippen molar-refractivity contribution in [3.8, 4) is 0 Å². The summed E-state index contributed by atoms with van der Waals surface area (Å²) in [4.78, 5) is 11.0. The van der Waals surface area contributed by atoms with Gasteiger partial charge in [0.05, 0.1) is 7.11 Å². The summed E-state index contributed by atoms with van der Waals surface area (Å²) in [6, 6.07) is 0. The van der Waals surface area contributed by atoms with Gasteiger partial charge in [0.1, 0.15) is 0 Å². The molecule has 2 N–H and O–H groups in total. The number of carbonyl (C=O) groups excluding carboxylic acids is 1. The van der Waals surface area contributed by atoms with E-state index in [1.807, 2.05) is 0 Å². The number of ether oxygens (including phenoxy) is 1. The molecule has 2 atom stereocenters. The smallest absolute Gasteiger partial charge is 0.305 e. The number of nitrogens with two attached hydrogens (primary N) is 1. The summed E-state index contributed by atoms with van der Waals surface area (Å²) in [6.07, 6.45) is 2.71. The molecule has 0 rings (SSSR count). The summed E-state index contributed by atoms with van der Waals surface area (Å²) >= 11 is 0. The lowest BCUT2D eigenvalue weighted by Gasteiger charge is -2.20. The molecule has 0 spiro atoms. The standard InChI is InChI=1S/C10H21NO2/c1-4-5-8(2)9(7-11)6-10(12)13-3/h8-9H,4-7,11H2,1-3H3. The number of methoxy groups -OCH3 is 1. The van der Waals surface area contributed by atoms with Crippen molar-refractivity contribution in [2.45, 2.75) is 33.1 Å². The molecule has 0 aromatic rings. The number of esters is 1. The number of rotatable bonds is 6. The molecule has 78 valence electrons. The fourth-order valence-corrected chi connectivity index (χ4v) is 1.51. The molecule has 3 nitrogen and oxygen atoms in total. The van der Waals surface area contributed by atoms with Gasteiger partial charge in [-0.3, -0.25) is 4.79 Å². The Hall–Kier alpha value is -0.570. The second kappa shape index (κ2) is 6.89. The van der Waals surface area contributed by atoms with Crippen molar-refractivity contribution in [3.05, 3.63) is 0 Å². The van der Waals surface area contributed by atoms with Gasteiger partial charge in [0.25, 0.3) is 0 Å². The van der Waals surface area contributed by atoms with Gasteiger partial charge in [-0.25, -0.2) is 0 Å². The van der Waals surface area contributed by atoms with Gasteiger partial charge in [0.2, 0.25) is 0 Å². The monoisotopic (exact) mass is 187 g/mol. The van der Waals surface area contributed by atoms with E-state index in [0.717, 1.165) is 12.8 Å². The zero-order valence-electron chi connectivity index (χ0n) is 8.88. The van der Waals surface area contributed by atoms with E-state index in [1.54, 1.807) is 0 Å². The van der Waals surface area contributed by atoms with Crippen molar-refractivity contribution in [2.75, 3.05) is 13.7 Å². The predicted octanol–water partition coefficient (Wildman–Crippen LogP) is 1.56. The van der Waals surface area contributed by atoms with Crippen LogP contribution < -0.4 is 5.73 Å². The summed E-state index contributed by atoms with van der Waals surface area (Å²) in [5.41, 5.74) is 5.60. The van der Waals surface area contributed by atoms with Gasteiger partial charge in [-0.2, -0.15) is 0 Å². The lowest BCUT2D eigenvalue weighted by molar-refractivity contribution is -0.142. The molecule has 0 fully saturated rings. The minimum absolute atomic E-state index is 0.154. The zero-order valence-corrected chi connectivity index (χ0v) is 8.88. The zero-order chi connectivity index (χ0) is 10.3. The molecule has 3 heteroatoms. The van der Waals surface area contributed by atoms with Gasteiger partial charge in [-0.15, -0.1) is 0 Å². The number of carbonyl (C=O) groups is 1. The van der Waals surface area contributed by atoms with Crippen LogP contribution in [0.15, 0.2) is 0 Å². The normalized spacial score (nSPS) is 15.1. The first kappa shape index (κ1) is 12.4. The first-order valence-electron chi connectivity index (χ1n) is 4.92. The van der Waals surface area contributed by atoms with Crippen molar-refractivity contribution in [2.24, 2.45) is 17.6 Å². The second-order valence-electron chi connectivity index (χ2n) is 3.54. The molecule has 0 amide bonds. The Morgan fingerprint density at radius 2 is 2.15 bits per heavy atom. The summed E-state index contributed by atoms with van der Waals surface area (Å²) in [7, 11) is 1.42. The van der Waals surface area contributed by atoms with Crippen molar-refractivity contribution >= 4 is 5.97 Å². The minimum Gasteiger partial charge on any atom is -0.469 e. The van der Waals surface area contributed by atoms with Crippen LogP contribution in [0.1, 0.15) is 33.1 Å². The predicted molar refractivity (Wildman–Crippen MR) is 53.2 cm³/mol. The molecular weight excluding hydrogens is 166 g/mol. The van der Waals surface area contributed by atoms with Gasteiger partial charge in [0, 0.05) is 6.42 Å². The number of hydrogen-bond acceptors (Lipinski definition) is 3. The van der Waals surface area contributed by atoms with E-state index in [4.69, 9.17) is 5.73 Å². The van der Waals surface area contributed by atoms with Crippen LogP contribution in [0.5, 0.6) is 0 Å². The van der Waals surface area contributed by atoms with E-state index < -0.39 is 0 Å². The Labute approximate surface area is 80.6 Å². The van der Waals surface area contributed by atoms with Crippen molar-refractivity contribution in [1.29, 1.82) is 0 Å². The fourth-order valence-electron chi connectivity index (χ4n) is 1.51. The molecule has 0 aliphatic heterocycles. The van der Waals surface area contributed by atoms with E-state index in [-0.39, 0.29) is 11.9 Å². The van der Waals surface area contributed by atoms with E-state index in [0.29, 0.717) is 18.9 Å². The Morgan fingerprint density at radius 1 is 1.54 bits per heavy atom. The summed E-state index contributed by atoms with van der Waals surface area (Å²) < 4.78 is 4.62. The molecule has 0 saturated carbocycles. The van der Waals surface area contributed by atoms with Crippen LogP contribution in [-0.2, 0) is 9.53 Å². The van der Waals surface area contributed by atoms with E-state index >= 15 is 0 Å². The quantitative estimate of drug-likeness (QED) is 0.642. The average Bonchev–Trinajstić information content (AvgIpc) is 2.14. The summed E-state index contributed by atoms with van der Waals surface area (Å²) in [5.74, 6) is 0.625. The third kappa shape index (κ3) is 4.88. The molecule has 0 bridgehead atoms. The molecule has 0 radical (unpaired) electrons. The van der Waals surface area contributed by atoms with Gasteiger partial charge in [0.15, 0.2) is 0 Å². The highest BCUT2D eigenvalue weighted by atomic mass is 16.5. The van der Waals surface area contributed by atoms with E-state index in [9.17, 15) is 4.79 Å². The van der Waals surface area contributed by atoms with Crippen LogP contribution in [0.2, 0.25) is 0 Å². The minimum atomic E-state index is -0.154. The number of hydrogen-bond donors (Lipinski definition) is 1. The molecule has 13 heavy (non-hydrogen) atoms. The molecule has 2 unspecified atom stereocenters. The molecule has 0 heterocycles. The highest BCUT2D eigenvalue weighted by Crippen LogP contribution is 2.19. The van der Waals surface area contributed by atoms with Crippen LogP contribution in [0.3, 0.4) is 0 Å². The maximum atomic E-state index is 11.0. The maximum absolute atomic E-state index is 11.0. The first-order chi connectivity index (χ1) is 6.15. The average molecular weight is 187 g/mol. The molecule has 0 aliphatic rings. The van der Waals surface area contributed by atoms with Crippen LogP contribution in [0, 0.1) is 11.8 Å². The van der Waals surface area contributed by atoms with Gasteiger partial charge >= 0.3 is 5.97 Å². The van der Waals surface area contributed by atoms with Crippen molar-refractivity contribution in [1.82, 2.24) is 0 Å². The lowest BCUT2D eigenvalue weighted by atomic mass is 9.88. The van der Waals surface area contributed by atoms with Crippen molar-refractivity contribution in [3.63, 3.8) is 0 Å². The Balaban J connectivity index is 3.93. The van der Waals surface area contributed by atoms with Crippen LogP contribution in [0.4, 0.5) is 0 Å². The highest BCUT2D eigenvalue weighted by molar-refractivity contribution is 5.69. The fraction of sp³-hybridized carbons (Fsp3) is 0.900. The first-order valence-corrected chi connectivity index (χ1v) is 4.92. The largest absolute Gasteiger partial charge is 0.469 e.